The molecule has 0 aromatic rings. The summed E-state index contributed by atoms with van der Waals surface area (Å²) < 4.78 is 10.6. The van der Waals surface area contributed by atoms with Gasteiger partial charge < -0.3 is 14.6 Å². The van der Waals surface area contributed by atoms with Crippen molar-refractivity contribution in [3.8, 4) is 0 Å². The molecular formula is C41H74O5. The summed E-state index contributed by atoms with van der Waals surface area (Å²) in [6.07, 6.45) is 44.9. The van der Waals surface area contributed by atoms with Gasteiger partial charge in [-0.1, -0.05) is 166 Å². The Balaban J connectivity index is 3.59. The lowest BCUT2D eigenvalue weighted by molar-refractivity contribution is -0.161. The molecule has 0 aromatic heterocycles. The lowest BCUT2D eigenvalue weighted by atomic mass is 10.0. The van der Waals surface area contributed by atoms with Crippen LogP contribution in [0.3, 0.4) is 0 Å². The zero-order valence-electron chi connectivity index (χ0n) is 30.3. The van der Waals surface area contributed by atoms with Gasteiger partial charge in [-0.05, 0) is 51.4 Å². The average molecular weight is 647 g/mol. The van der Waals surface area contributed by atoms with Gasteiger partial charge in [0.2, 0.25) is 0 Å². The van der Waals surface area contributed by atoms with Crippen LogP contribution in [0.1, 0.15) is 194 Å². The normalized spacial score (nSPS) is 12.5. The third kappa shape index (κ3) is 35.0. The van der Waals surface area contributed by atoms with E-state index >= 15 is 0 Å². The Morgan fingerprint density at radius 2 is 0.870 bits per heavy atom. The first-order valence-electron chi connectivity index (χ1n) is 19.5. The second kappa shape index (κ2) is 37.6. The molecule has 0 aliphatic heterocycles. The van der Waals surface area contributed by atoms with Gasteiger partial charge in [0, 0.05) is 12.8 Å². The minimum Gasteiger partial charge on any atom is -0.462 e. The summed E-state index contributed by atoms with van der Waals surface area (Å²) in [5.74, 6) is -0.631. The molecule has 0 radical (unpaired) electrons. The molecule has 0 amide bonds. The Morgan fingerprint density at radius 3 is 1.35 bits per heavy atom. The summed E-state index contributed by atoms with van der Waals surface area (Å²) in [6.45, 7) is 4.08. The Bertz CT molecular complexity index is 741. The first-order chi connectivity index (χ1) is 22.6. The minimum absolute atomic E-state index is 0.0784. The predicted molar refractivity (Wildman–Crippen MR) is 196 cm³/mol. The molecule has 0 spiro atoms. The number of carbonyl (C=O) groups excluding carboxylic acids is 2. The maximum Gasteiger partial charge on any atom is 0.306 e. The highest BCUT2D eigenvalue weighted by molar-refractivity contribution is 5.70. The van der Waals surface area contributed by atoms with Crippen molar-refractivity contribution >= 4 is 11.9 Å². The smallest absolute Gasteiger partial charge is 0.306 e. The molecule has 5 nitrogen and oxygen atoms in total. The van der Waals surface area contributed by atoms with Gasteiger partial charge in [0.1, 0.15) is 6.61 Å². The van der Waals surface area contributed by atoms with Gasteiger partial charge in [0.05, 0.1) is 6.61 Å². The number of aliphatic hydroxyl groups is 1. The molecule has 0 aromatic carbocycles. The Labute approximate surface area is 285 Å². The van der Waals surface area contributed by atoms with E-state index in [1.165, 1.54) is 116 Å². The molecule has 0 saturated carbocycles. The van der Waals surface area contributed by atoms with E-state index in [-0.39, 0.29) is 25.2 Å². The van der Waals surface area contributed by atoms with Crippen molar-refractivity contribution in [1.29, 1.82) is 0 Å². The lowest BCUT2D eigenvalue weighted by Gasteiger charge is -2.15. The molecule has 0 saturated heterocycles. The van der Waals surface area contributed by atoms with E-state index in [4.69, 9.17) is 9.47 Å². The van der Waals surface area contributed by atoms with Crippen LogP contribution in [0.15, 0.2) is 36.5 Å². The van der Waals surface area contributed by atoms with Crippen molar-refractivity contribution in [3.63, 3.8) is 0 Å². The minimum atomic E-state index is -0.787. The fourth-order valence-corrected chi connectivity index (χ4v) is 5.44. The highest BCUT2D eigenvalue weighted by atomic mass is 16.6. The third-order valence-corrected chi connectivity index (χ3v) is 8.44. The summed E-state index contributed by atoms with van der Waals surface area (Å²) in [5, 5.41) is 9.54. The molecule has 5 heteroatoms. The van der Waals surface area contributed by atoms with Crippen LogP contribution >= 0.6 is 0 Å². The maximum atomic E-state index is 12.1. The van der Waals surface area contributed by atoms with Crippen LogP contribution in [0.5, 0.6) is 0 Å². The molecule has 0 fully saturated rings. The lowest BCUT2D eigenvalue weighted by Crippen LogP contribution is -2.28. The van der Waals surface area contributed by atoms with Gasteiger partial charge in [0.25, 0.3) is 0 Å². The van der Waals surface area contributed by atoms with Crippen molar-refractivity contribution in [2.75, 3.05) is 13.2 Å². The molecule has 0 aliphatic rings. The number of hydrogen-bond donors (Lipinski definition) is 1. The Hall–Kier alpha value is -1.88. The summed E-state index contributed by atoms with van der Waals surface area (Å²) >= 11 is 0. The van der Waals surface area contributed by atoms with E-state index in [1.807, 2.05) is 0 Å². The van der Waals surface area contributed by atoms with Crippen LogP contribution in [0.4, 0.5) is 0 Å². The fraction of sp³-hybridized carbons (Fsp3) is 0.805. The zero-order chi connectivity index (χ0) is 33.6. The van der Waals surface area contributed by atoms with Crippen molar-refractivity contribution in [1.82, 2.24) is 0 Å². The van der Waals surface area contributed by atoms with Crippen molar-refractivity contribution in [3.05, 3.63) is 36.5 Å². The van der Waals surface area contributed by atoms with Crippen LogP contribution < -0.4 is 0 Å². The second-order valence-corrected chi connectivity index (χ2v) is 13.0. The van der Waals surface area contributed by atoms with Crippen LogP contribution in [0, 0.1) is 0 Å². The van der Waals surface area contributed by atoms with E-state index in [1.54, 1.807) is 0 Å². The van der Waals surface area contributed by atoms with E-state index in [0.29, 0.717) is 12.8 Å². The average Bonchev–Trinajstić information content (AvgIpc) is 3.06. The summed E-state index contributed by atoms with van der Waals surface area (Å²) in [4.78, 5) is 24.2. The topological polar surface area (TPSA) is 72.8 Å². The molecule has 1 atom stereocenters. The van der Waals surface area contributed by atoms with Gasteiger partial charge in [-0.3, -0.25) is 9.59 Å². The van der Waals surface area contributed by atoms with Crippen LogP contribution in [0.25, 0.3) is 0 Å². The molecule has 0 rings (SSSR count). The van der Waals surface area contributed by atoms with Crippen molar-refractivity contribution < 1.29 is 24.2 Å². The second-order valence-electron chi connectivity index (χ2n) is 13.0. The fourth-order valence-electron chi connectivity index (χ4n) is 5.44. The first kappa shape index (κ1) is 44.1. The van der Waals surface area contributed by atoms with Gasteiger partial charge in [-0.15, -0.1) is 0 Å². The van der Waals surface area contributed by atoms with E-state index in [9.17, 15) is 14.7 Å². The van der Waals surface area contributed by atoms with Gasteiger partial charge in [-0.25, -0.2) is 0 Å². The largest absolute Gasteiger partial charge is 0.462 e. The first-order valence-corrected chi connectivity index (χ1v) is 19.5. The van der Waals surface area contributed by atoms with E-state index in [0.717, 1.165) is 51.4 Å². The van der Waals surface area contributed by atoms with Gasteiger partial charge >= 0.3 is 11.9 Å². The maximum absolute atomic E-state index is 12.1. The molecule has 0 unspecified atom stereocenters. The molecule has 268 valence electrons. The van der Waals surface area contributed by atoms with Crippen LogP contribution in [-0.2, 0) is 19.1 Å². The quantitative estimate of drug-likeness (QED) is 0.0421. The number of rotatable bonds is 35. The summed E-state index contributed by atoms with van der Waals surface area (Å²) in [5.41, 5.74) is 0. The monoisotopic (exact) mass is 647 g/mol. The zero-order valence-corrected chi connectivity index (χ0v) is 30.3. The van der Waals surface area contributed by atoms with Crippen LogP contribution in [0.2, 0.25) is 0 Å². The highest BCUT2D eigenvalue weighted by Gasteiger charge is 2.16. The number of ether oxygens (including phenoxy) is 2. The number of unbranched alkanes of at least 4 members (excludes halogenated alkanes) is 21. The number of allylic oxidation sites excluding steroid dienone is 6. The van der Waals surface area contributed by atoms with Gasteiger partial charge in [0.15, 0.2) is 6.10 Å². The van der Waals surface area contributed by atoms with Gasteiger partial charge in [-0.2, -0.15) is 0 Å². The number of aliphatic hydroxyl groups excluding tert-OH is 1. The van der Waals surface area contributed by atoms with Crippen molar-refractivity contribution in [2.24, 2.45) is 0 Å². The van der Waals surface area contributed by atoms with Crippen LogP contribution in [-0.4, -0.2) is 36.4 Å². The number of hydrogen-bond acceptors (Lipinski definition) is 5. The SMILES string of the molecule is CCCCC/C=C\C/C=C\C/C=C\CCCCC(=O)O[C@@H](CO)COC(=O)CCCCCCCCCCCCCCCCCCC. The Kier molecular flexibility index (Phi) is 36.0. The van der Waals surface area contributed by atoms with E-state index < -0.39 is 6.10 Å². The Morgan fingerprint density at radius 1 is 0.500 bits per heavy atom. The third-order valence-electron chi connectivity index (χ3n) is 8.44. The standard InChI is InChI=1S/C41H74O5/c1-3-5-7-9-11-13-15-17-19-20-22-23-25-27-29-31-33-35-40(43)45-38-39(37-42)46-41(44)36-34-32-30-28-26-24-21-18-16-14-12-10-8-6-4-2/h12,14,18,21,26,28,39,42H,3-11,13,15-17,19-20,22-25,27,29-38H2,1-2H3/b14-12-,21-18-,28-26-/t39-/m0/s1. The molecule has 0 bridgehead atoms. The van der Waals surface area contributed by atoms with E-state index in [2.05, 4.69) is 50.3 Å². The molecule has 46 heavy (non-hydrogen) atoms. The summed E-state index contributed by atoms with van der Waals surface area (Å²) in [6, 6.07) is 0. The highest BCUT2D eigenvalue weighted by Crippen LogP contribution is 2.14. The van der Waals surface area contributed by atoms with Crippen molar-refractivity contribution in [2.45, 2.75) is 200 Å². The number of carbonyl (C=O) groups is 2. The molecule has 0 heterocycles. The molecule has 1 N–H and O–H groups in total. The molecular weight excluding hydrogens is 572 g/mol. The molecule has 0 aliphatic carbocycles. The number of esters is 2. The predicted octanol–water partition coefficient (Wildman–Crippen LogP) is 12.1. The summed E-state index contributed by atoms with van der Waals surface area (Å²) in [7, 11) is 0.